The molecule has 0 heterocycles. The summed E-state index contributed by atoms with van der Waals surface area (Å²) in [6, 6.07) is 0. The highest BCUT2D eigenvalue weighted by atomic mass is 32.7. The summed E-state index contributed by atoms with van der Waals surface area (Å²) in [5.74, 6) is 0.893. The Hall–Kier alpha value is 0.500. The third-order valence-corrected chi connectivity index (χ3v) is 6.71. The number of unbranched alkanes of at least 4 members (excludes halogenated alkanes) is 3. The summed E-state index contributed by atoms with van der Waals surface area (Å²) in [5, 5.41) is 0. The molecule has 0 aliphatic rings. The van der Waals surface area contributed by atoms with Gasteiger partial charge in [-0.25, -0.2) is 0 Å². The second kappa shape index (κ2) is 11.3. The van der Waals surface area contributed by atoms with Crippen molar-refractivity contribution in [2.45, 2.75) is 46.5 Å². The minimum Gasteiger partial charge on any atom is -0.321 e. The summed E-state index contributed by atoms with van der Waals surface area (Å²) in [4.78, 5) is 2.34. The van der Waals surface area contributed by atoms with Gasteiger partial charge in [-0.05, 0) is 19.5 Å². The van der Waals surface area contributed by atoms with Gasteiger partial charge in [0.25, 0.3) is 6.57 Å². The maximum absolute atomic E-state index is 12.1. The first-order chi connectivity index (χ1) is 8.55. The molecule has 0 rings (SSSR count). The Morgan fingerprint density at radius 1 is 1.11 bits per heavy atom. The minimum absolute atomic E-state index is 0.645. The number of nitrogens with zero attached hydrogens (tertiary/aromatic N) is 1. The lowest BCUT2D eigenvalue weighted by molar-refractivity contribution is 0.314. The van der Waals surface area contributed by atoms with Gasteiger partial charge in [0.05, 0.1) is 6.61 Å². The molecule has 0 radical (unpaired) electrons. The SMILES string of the molecule is CCCCCCOP(C)(=O)SCCN(CC)CC. The lowest BCUT2D eigenvalue weighted by atomic mass is 10.2. The molecule has 0 aromatic carbocycles. The van der Waals surface area contributed by atoms with Crippen LogP contribution in [0, 0.1) is 0 Å². The predicted molar refractivity (Wildman–Crippen MR) is 83.9 cm³/mol. The predicted octanol–water partition coefficient (Wildman–Crippen LogP) is 4.48. The highest BCUT2D eigenvalue weighted by Crippen LogP contribution is 2.56. The van der Waals surface area contributed by atoms with E-state index < -0.39 is 6.57 Å². The van der Waals surface area contributed by atoms with Crippen LogP contribution in [-0.2, 0) is 9.09 Å². The number of hydrogen-bond acceptors (Lipinski definition) is 4. The van der Waals surface area contributed by atoms with E-state index in [2.05, 4.69) is 25.7 Å². The smallest absolute Gasteiger partial charge is 0.254 e. The van der Waals surface area contributed by atoms with Crippen LogP contribution in [0.4, 0.5) is 0 Å². The minimum atomic E-state index is -2.43. The zero-order valence-electron chi connectivity index (χ0n) is 12.5. The van der Waals surface area contributed by atoms with Gasteiger partial charge in [-0.1, -0.05) is 51.4 Å². The average Bonchev–Trinajstić information content (AvgIpc) is 2.34. The normalized spacial score (nSPS) is 14.9. The van der Waals surface area contributed by atoms with Crippen molar-refractivity contribution in [1.29, 1.82) is 0 Å². The van der Waals surface area contributed by atoms with Crippen LogP contribution in [0.25, 0.3) is 0 Å². The number of rotatable bonds is 12. The first-order valence-corrected chi connectivity index (χ1v) is 10.8. The molecule has 0 aliphatic carbocycles. The van der Waals surface area contributed by atoms with Crippen LogP contribution in [0.2, 0.25) is 0 Å². The van der Waals surface area contributed by atoms with E-state index in [1.54, 1.807) is 6.66 Å². The van der Waals surface area contributed by atoms with Crippen LogP contribution in [0.3, 0.4) is 0 Å². The Kier molecular flexibility index (Phi) is 11.7. The van der Waals surface area contributed by atoms with Crippen molar-refractivity contribution in [3.8, 4) is 0 Å². The van der Waals surface area contributed by atoms with Gasteiger partial charge in [-0.3, -0.25) is 4.57 Å². The zero-order valence-corrected chi connectivity index (χ0v) is 14.2. The third kappa shape index (κ3) is 10.4. The molecule has 0 aromatic heterocycles. The maximum Gasteiger partial charge on any atom is 0.254 e. The summed E-state index contributed by atoms with van der Waals surface area (Å²) in [6.07, 6.45) is 4.68. The lowest BCUT2D eigenvalue weighted by Crippen LogP contribution is -2.25. The molecule has 0 aliphatic heterocycles. The van der Waals surface area contributed by atoms with Crippen molar-refractivity contribution < 1.29 is 9.09 Å². The molecule has 3 nitrogen and oxygen atoms in total. The molecule has 0 aromatic rings. The van der Waals surface area contributed by atoms with Crippen LogP contribution in [0.1, 0.15) is 46.5 Å². The van der Waals surface area contributed by atoms with E-state index in [-0.39, 0.29) is 0 Å². The fraction of sp³-hybridized carbons (Fsp3) is 1.00. The zero-order chi connectivity index (χ0) is 13.9. The standard InChI is InChI=1S/C13H30NO2PS/c1-5-8-9-10-12-16-17(4,15)18-13-11-14(6-2)7-3/h5-13H2,1-4H3. The average molecular weight is 295 g/mol. The summed E-state index contributed by atoms with van der Waals surface area (Å²) < 4.78 is 17.7. The van der Waals surface area contributed by atoms with Gasteiger partial charge in [0.2, 0.25) is 0 Å². The third-order valence-electron chi connectivity index (χ3n) is 2.95. The highest BCUT2D eigenvalue weighted by Gasteiger charge is 2.16. The van der Waals surface area contributed by atoms with E-state index in [0.717, 1.165) is 31.8 Å². The summed E-state index contributed by atoms with van der Waals surface area (Å²) in [7, 11) is 0. The van der Waals surface area contributed by atoms with Crippen molar-refractivity contribution in [3.63, 3.8) is 0 Å². The molecule has 18 heavy (non-hydrogen) atoms. The first kappa shape index (κ1) is 18.5. The fourth-order valence-corrected chi connectivity index (χ4v) is 4.57. The molecule has 0 amide bonds. The van der Waals surface area contributed by atoms with E-state index in [1.165, 1.54) is 30.6 Å². The molecule has 0 N–H and O–H groups in total. The van der Waals surface area contributed by atoms with Crippen LogP contribution < -0.4 is 0 Å². The Bertz CT molecular complexity index is 235. The molecule has 1 unspecified atom stereocenters. The van der Waals surface area contributed by atoms with Crippen LogP contribution >= 0.6 is 18.0 Å². The van der Waals surface area contributed by atoms with Crippen LogP contribution in [0.5, 0.6) is 0 Å². The molecule has 0 spiro atoms. The van der Waals surface area contributed by atoms with E-state index in [0.29, 0.717) is 6.61 Å². The Labute approximate surface area is 117 Å². The molecule has 0 fully saturated rings. The lowest BCUT2D eigenvalue weighted by Gasteiger charge is -2.19. The molecule has 0 saturated carbocycles. The molecule has 0 bridgehead atoms. The molecular weight excluding hydrogens is 265 g/mol. The van der Waals surface area contributed by atoms with Crippen molar-refractivity contribution in [1.82, 2.24) is 4.90 Å². The van der Waals surface area contributed by atoms with Gasteiger partial charge in [-0.15, -0.1) is 0 Å². The van der Waals surface area contributed by atoms with Gasteiger partial charge in [0.15, 0.2) is 0 Å². The summed E-state index contributed by atoms with van der Waals surface area (Å²) in [6.45, 7) is 9.58. The van der Waals surface area contributed by atoms with E-state index >= 15 is 0 Å². The maximum atomic E-state index is 12.1. The van der Waals surface area contributed by atoms with Crippen LogP contribution in [0.15, 0.2) is 0 Å². The Morgan fingerprint density at radius 3 is 2.33 bits per heavy atom. The van der Waals surface area contributed by atoms with Crippen molar-refractivity contribution in [3.05, 3.63) is 0 Å². The molecule has 1 atom stereocenters. The highest BCUT2D eigenvalue weighted by molar-refractivity contribution is 8.56. The van der Waals surface area contributed by atoms with Crippen molar-refractivity contribution in [2.75, 3.05) is 38.7 Å². The summed E-state index contributed by atoms with van der Waals surface area (Å²) in [5.41, 5.74) is 0. The molecule has 0 saturated heterocycles. The topological polar surface area (TPSA) is 29.5 Å². The largest absolute Gasteiger partial charge is 0.321 e. The van der Waals surface area contributed by atoms with Crippen molar-refractivity contribution in [2.24, 2.45) is 0 Å². The Morgan fingerprint density at radius 2 is 1.78 bits per heavy atom. The fourth-order valence-electron chi connectivity index (χ4n) is 1.67. The van der Waals surface area contributed by atoms with Gasteiger partial charge in [-0.2, -0.15) is 0 Å². The first-order valence-electron chi connectivity index (χ1n) is 7.14. The van der Waals surface area contributed by atoms with Gasteiger partial charge in [0.1, 0.15) is 0 Å². The van der Waals surface area contributed by atoms with Gasteiger partial charge >= 0.3 is 0 Å². The second-order valence-corrected chi connectivity index (χ2v) is 9.76. The molecule has 110 valence electrons. The van der Waals surface area contributed by atoms with E-state index in [1.807, 2.05) is 0 Å². The Balaban J connectivity index is 3.63. The molecular formula is C13H30NO2PS. The van der Waals surface area contributed by atoms with Gasteiger partial charge in [0, 0.05) is 19.0 Å². The molecule has 5 heteroatoms. The van der Waals surface area contributed by atoms with Crippen LogP contribution in [-0.4, -0.2) is 43.6 Å². The van der Waals surface area contributed by atoms with Gasteiger partial charge < -0.3 is 9.42 Å². The second-order valence-electron chi connectivity index (χ2n) is 4.53. The van der Waals surface area contributed by atoms with E-state index in [9.17, 15) is 4.57 Å². The number of hydrogen-bond donors (Lipinski definition) is 0. The quantitative estimate of drug-likeness (QED) is 0.392. The monoisotopic (exact) mass is 295 g/mol. The summed E-state index contributed by atoms with van der Waals surface area (Å²) >= 11 is 1.49. The van der Waals surface area contributed by atoms with Crippen molar-refractivity contribution >= 4 is 18.0 Å². The van der Waals surface area contributed by atoms with E-state index in [4.69, 9.17) is 4.52 Å².